The van der Waals surface area contributed by atoms with Gasteiger partial charge in [-0.25, -0.2) is 0 Å². The monoisotopic (exact) mass is 218 g/mol. The van der Waals surface area contributed by atoms with E-state index >= 15 is 0 Å². The molecule has 0 amide bonds. The average molecular weight is 218 g/mol. The Bertz CT molecular complexity index is 315. The van der Waals surface area contributed by atoms with Gasteiger partial charge in [-0.2, -0.15) is 0 Å². The minimum absolute atomic E-state index is 0.0424. The van der Waals surface area contributed by atoms with Crippen LogP contribution in [0.3, 0.4) is 0 Å². The highest BCUT2D eigenvalue weighted by atomic mass is 16.3. The first-order chi connectivity index (χ1) is 7.75. The molecule has 1 aliphatic rings. The minimum Gasteiger partial charge on any atom is -0.393 e. The third-order valence-corrected chi connectivity index (χ3v) is 3.79. The number of rotatable bonds is 3. The molecule has 1 aliphatic carbocycles. The molecule has 1 N–H and O–H groups in total. The van der Waals surface area contributed by atoms with Crippen LogP contribution in [0.25, 0.3) is 0 Å². The Hall–Kier alpha value is -0.820. The molecule has 88 valence electrons. The molecule has 2 atom stereocenters. The second-order valence-corrected chi connectivity index (χ2v) is 5.14. The van der Waals surface area contributed by atoms with Crippen LogP contribution in [-0.2, 0) is 6.42 Å². The Morgan fingerprint density at radius 2 is 1.81 bits per heavy atom. The van der Waals surface area contributed by atoms with E-state index < -0.39 is 0 Å². The number of hydrogen-bond acceptors (Lipinski definition) is 1. The van der Waals surface area contributed by atoms with E-state index in [4.69, 9.17) is 0 Å². The number of aliphatic hydroxyl groups excluding tert-OH is 1. The van der Waals surface area contributed by atoms with Crippen LogP contribution in [0.15, 0.2) is 24.3 Å². The molecule has 1 heteroatoms. The van der Waals surface area contributed by atoms with Crippen LogP contribution in [0.2, 0.25) is 0 Å². The fourth-order valence-electron chi connectivity index (χ4n) is 2.63. The van der Waals surface area contributed by atoms with Gasteiger partial charge >= 0.3 is 0 Å². The van der Waals surface area contributed by atoms with E-state index in [9.17, 15) is 5.11 Å². The second kappa shape index (κ2) is 5.49. The van der Waals surface area contributed by atoms with E-state index in [1.54, 1.807) is 0 Å². The molecular formula is C15H22O. The van der Waals surface area contributed by atoms with Crippen molar-refractivity contribution in [1.82, 2.24) is 0 Å². The lowest BCUT2D eigenvalue weighted by atomic mass is 9.83. The van der Waals surface area contributed by atoms with Gasteiger partial charge in [0.05, 0.1) is 6.10 Å². The highest BCUT2D eigenvalue weighted by Crippen LogP contribution is 2.28. The quantitative estimate of drug-likeness (QED) is 0.823. The molecule has 1 aromatic rings. The maximum atomic E-state index is 9.89. The zero-order chi connectivity index (χ0) is 11.4. The molecule has 2 rings (SSSR count). The molecule has 0 radical (unpaired) electrons. The zero-order valence-corrected chi connectivity index (χ0v) is 10.2. The third kappa shape index (κ3) is 3.08. The summed E-state index contributed by atoms with van der Waals surface area (Å²) in [5, 5.41) is 9.89. The van der Waals surface area contributed by atoms with Crippen molar-refractivity contribution in [3.63, 3.8) is 0 Å². The molecule has 0 saturated heterocycles. The van der Waals surface area contributed by atoms with Crippen molar-refractivity contribution >= 4 is 0 Å². The third-order valence-electron chi connectivity index (χ3n) is 3.79. The first-order valence-corrected chi connectivity index (χ1v) is 6.49. The normalized spacial score (nSPS) is 25.6. The van der Waals surface area contributed by atoms with Crippen LogP contribution in [0.4, 0.5) is 0 Å². The molecule has 0 heterocycles. The van der Waals surface area contributed by atoms with Crippen molar-refractivity contribution in [2.45, 2.75) is 51.6 Å². The molecule has 0 bridgehead atoms. The predicted octanol–water partition coefficient (Wildman–Crippen LogP) is 3.48. The summed E-state index contributed by atoms with van der Waals surface area (Å²) in [5.74, 6) is 0.537. The highest BCUT2D eigenvalue weighted by Gasteiger charge is 2.22. The van der Waals surface area contributed by atoms with Crippen LogP contribution >= 0.6 is 0 Å². The molecule has 1 aromatic carbocycles. The lowest BCUT2D eigenvalue weighted by Gasteiger charge is -2.27. The number of aryl methyl sites for hydroxylation is 2. The van der Waals surface area contributed by atoms with Crippen LogP contribution < -0.4 is 0 Å². The standard InChI is InChI=1S/C15H22O/c1-12-6-8-13(9-7-12)10-11-14-4-2-3-5-15(14)16/h6-9,14-16H,2-5,10-11H2,1H3. The maximum Gasteiger partial charge on any atom is 0.0568 e. The van der Waals surface area contributed by atoms with Crippen molar-refractivity contribution in [1.29, 1.82) is 0 Å². The summed E-state index contributed by atoms with van der Waals surface area (Å²) >= 11 is 0. The molecule has 0 spiro atoms. The van der Waals surface area contributed by atoms with Gasteiger partial charge in [-0.3, -0.25) is 0 Å². The van der Waals surface area contributed by atoms with Gasteiger partial charge in [-0.1, -0.05) is 42.7 Å². The van der Waals surface area contributed by atoms with Gasteiger partial charge in [0, 0.05) is 0 Å². The fourth-order valence-corrected chi connectivity index (χ4v) is 2.63. The predicted molar refractivity (Wildman–Crippen MR) is 67.5 cm³/mol. The van der Waals surface area contributed by atoms with Crippen LogP contribution in [-0.4, -0.2) is 11.2 Å². The molecule has 1 fully saturated rings. The second-order valence-electron chi connectivity index (χ2n) is 5.14. The molecule has 16 heavy (non-hydrogen) atoms. The van der Waals surface area contributed by atoms with Gasteiger partial charge in [-0.15, -0.1) is 0 Å². The van der Waals surface area contributed by atoms with E-state index in [-0.39, 0.29) is 6.10 Å². The fraction of sp³-hybridized carbons (Fsp3) is 0.600. The first kappa shape index (κ1) is 11.7. The van der Waals surface area contributed by atoms with Crippen molar-refractivity contribution < 1.29 is 5.11 Å². The Labute approximate surface area is 98.5 Å². The topological polar surface area (TPSA) is 20.2 Å². The van der Waals surface area contributed by atoms with Crippen molar-refractivity contribution in [2.24, 2.45) is 5.92 Å². The van der Waals surface area contributed by atoms with Crippen molar-refractivity contribution in [2.75, 3.05) is 0 Å². The van der Waals surface area contributed by atoms with E-state index in [0.29, 0.717) is 5.92 Å². The summed E-state index contributed by atoms with van der Waals surface area (Å²) < 4.78 is 0. The first-order valence-electron chi connectivity index (χ1n) is 6.49. The molecule has 1 nitrogen and oxygen atoms in total. The molecule has 0 aliphatic heterocycles. The summed E-state index contributed by atoms with van der Waals surface area (Å²) in [6, 6.07) is 8.77. The summed E-state index contributed by atoms with van der Waals surface area (Å²) in [7, 11) is 0. The summed E-state index contributed by atoms with van der Waals surface area (Å²) in [5.41, 5.74) is 2.73. The maximum absolute atomic E-state index is 9.89. The van der Waals surface area contributed by atoms with Gasteiger partial charge in [0.1, 0.15) is 0 Å². The van der Waals surface area contributed by atoms with Crippen molar-refractivity contribution in [3.8, 4) is 0 Å². The van der Waals surface area contributed by atoms with Crippen LogP contribution in [0.5, 0.6) is 0 Å². The molecule has 1 saturated carbocycles. The molecular weight excluding hydrogens is 196 g/mol. The van der Waals surface area contributed by atoms with Gasteiger partial charge in [0.2, 0.25) is 0 Å². The Kier molecular flexibility index (Phi) is 4.00. The summed E-state index contributed by atoms with van der Waals surface area (Å²) in [4.78, 5) is 0. The minimum atomic E-state index is -0.0424. The van der Waals surface area contributed by atoms with E-state index in [0.717, 1.165) is 19.3 Å². The summed E-state index contributed by atoms with van der Waals surface area (Å²) in [6.07, 6.45) is 6.95. The highest BCUT2D eigenvalue weighted by molar-refractivity contribution is 5.21. The van der Waals surface area contributed by atoms with E-state index in [2.05, 4.69) is 31.2 Å². The lowest BCUT2D eigenvalue weighted by Crippen LogP contribution is -2.24. The van der Waals surface area contributed by atoms with Crippen molar-refractivity contribution in [3.05, 3.63) is 35.4 Å². The van der Waals surface area contributed by atoms with E-state index in [1.807, 2.05) is 0 Å². The Morgan fingerprint density at radius 1 is 1.12 bits per heavy atom. The van der Waals surface area contributed by atoms with Crippen LogP contribution in [0, 0.1) is 12.8 Å². The van der Waals surface area contributed by atoms with Gasteiger partial charge in [0.25, 0.3) is 0 Å². The molecule has 0 aromatic heterocycles. The summed E-state index contributed by atoms with van der Waals surface area (Å²) in [6.45, 7) is 2.12. The van der Waals surface area contributed by atoms with Gasteiger partial charge < -0.3 is 5.11 Å². The number of benzene rings is 1. The zero-order valence-electron chi connectivity index (χ0n) is 10.2. The SMILES string of the molecule is Cc1ccc(CCC2CCCCC2O)cc1. The van der Waals surface area contributed by atoms with Gasteiger partial charge in [-0.05, 0) is 44.1 Å². The average Bonchev–Trinajstić information content (AvgIpc) is 2.30. The van der Waals surface area contributed by atoms with Gasteiger partial charge in [0.15, 0.2) is 0 Å². The van der Waals surface area contributed by atoms with Crippen LogP contribution in [0.1, 0.15) is 43.2 Å². The molecule has 2 unspecified atom stereocenters. The Balaban J connectivity index is 1.84. The Morgan fingerprint density at radius 3 is 2.50 bits per heavy atom. The number of hydrogen-bond donors (Lipinski definition) is 1. The lowest BCUT2D eigenvalue weighted by molar-refractivity contribution is 0.0655. The number of aliphatic hydroxyl groups is 1. The largest absolute Gasteiger partial charge is 0.393 e. The smallest absolute Gasteiger partial charge is 0.0568 e. The van der Waals surface area contributed by atoms with E-state index in [1.165, 1.54) is 30.4 Å².